The second-order valence-corrected chi connectivity index (χ2v) is 7.01. The summed E-state index contributed by atoms with van der Waals surface area (Å²) in [6.45, 7) is 10.4. The van der Waals surface area contributed by atoms with Crippen LogP contribution in [0.5, 0.6) is 17.2 Å². The average molecular weight is 383 g/mol. The van der Waals surface area contributed by atoms with Crippen LogP contribution in [0.1, 0.15) is 33.6 Å². The van der Waals surface area contributed by atoms with Gasteiger partial charge in [-0.15, -0.1) is 0 Å². The zero-order chi connectivity index (χ0) is 20.7. The van der Waals surface area contributed by atoms with E-state index in [1.807, 2.05) is 6.08 Å². The molecule has 1 aromatic carbocycles. The first-order valence-corrected chi connectivity index (χ1v) is 9.36. The molecule has 0 saturated heterocycles. The molecule has 0 atom stereocenters. The summed E-state index contributed by atoms with van der Waals surface area (Å²) in [5.41, 5.74) is 2.79. The van der Waals surface area contributed by atoms with Crippen molar-refractivity contribution in [2.24, 2.45) is 7.05 Å². The molecule has 1 aromatic heterocycles. The Labute approximate surface area is 166 Å². The largest absolute Gasteiger partial charge is 0.508 e. The zero-order valence-electron chi connectivity index (χ0n) is 17.1. The minimum absolute atomic E-state index is 0.0863. The summed E-state index contributed by atoms with van der Waals surface area (Å²) in [6.07, 6.45) is 7.75. The number of ether oxygens (including phenoxy) is 2. The van der Waals surface area contributed by atoms with Gasteiger partial charge in [0.05, 0.1) is 5.52 Å². The average Bonchev–Trinajstić information content (AvgIpc) is 2.65. The minimum Gasteiger partial charge on any atom is -0.508 e. The van der Waals surface area contributed by atoms with E-state index < -0.39 is 0 Å². The van der Waals surface area contributed by atoms with Crippen LogP contribution in [0.2, 0.25) is 0 Å². The SMILES string of the molecule is C=CCOc1c(OC/C=C(\C)CCC=C(C)C)c2ccc(O)cc2n(C)c1=O. The van der Waals surface area contributed by atoms with Crippen molar-refractivity contribution in [3.8, 4) is 17.2 Å². The van der Waals surface area contributed by atoms with Crippen LogP contribution in [0.25, 0.3) is 10.9 Å². The van der Waals surface area contributed by atoms with Crippen molar-refractivity contribution in [2.45, 2.75) is 33.6 Å². The fourth-order valence-corrected chi connectivity index (χ4v) is 2.84. The Morgan fingerprint density at radius 3 is 2.54 bits per heavy atom. The highest BCUT2D eigenvalue weighted by Gasteiger charge is 2.18. The lowest BCUT2D eigenvalue weighted by atomic mass is 10.1. The molecule has 1 heterocycles. The highest BCUT2D eigenvalue weighted by atomic mass is 16.5. The molecule has 0 bridgehead atoms. The van der Waals surface area contributed by atoms with Gasteiger partial charge in [-0.1, -0.05) is 29.9 Å². The van der Waals surface area contributed by atoms with Crippen LogP contribution in [-0.4, -0.2) is 22.9 Å². The third-order valence-electron chi connectivity index (χ3n) is 4.39. The van der Waals surface area contributed by atoms with Crippen molar-refractivity contribution in [3.05, 3.63) is 64.5 Å². The quantitative estimate of drug-likeness (QED) is 0.627. The van der Waals surface area contributed by atoms with E-state index in [0.29, 0.717) is 23.3 Å². The smallest absolute Gasteiger partial charge is 0.297 e. The van der Waals surface area contributed by atoms with Crippen LogP contribution < -0.4 is 15.0 Å². The number of allylic oxidation sites excluding steroid dienone is 3. The summed E-state index contributed by atoms with van der Waals surface area (Å²) >= 11 is 0. The normalized spacial score (nSPS) is 11.4. The predicted molar refractivity (Wildman–Crippen MR) is 114 cm³/mol. The molecule has 0 spiro atoms. The number of benzene rings is 1. The molecule has 150 valence electrons. The summed E-state index contributed by atoms with van der Waals surface area (Å²) in [7, 11) is 1.64. The first kappa shape index (κ1) is 21.4. The number of phenolic OH excluding ortho intramolecular Hbond substituents is 1. The van der Waals surface area contributed by atoms with Gasteiger partial charge in [0.2, 0.25) is 5.75 Å². The van der Waals surface area contributed by atoms with Crippen molar-refractivity contribution in [1.29, 1.82) is 0 Å². The topological polar surface area (TPSA) is 60.7 Å². The van der Waals surface area contributed by atoms with Gasteiger partial charge in [-0.05, 0) is 51.8 Å². The van der Waals surface area contributed by atoms with E-state index in [1.54, 1.807) is 31.3 Å². The lowest BCUT2D eigenvalue weighted by molar-refractivity contribution is 0.305. The molecule has 0 radical (unpaired) electrons. The molecule has 0 aliphatic rings. The third-order valence-corrected chi connectivity index (χ3v) is 4.39. The number of aromatic hydroxyl groups is 1. The number of rotatable bonds is 9. The Bertz CT molecular complexity index is 963. The molecule has 0 aliphatic carbocycles. The molecular weight excluding hydrogens is 354 g/mol. The monoisotopic (exact) mass is 383 g/mol. The number of phenols is 1. The summed E-state index contributed by atoms with van der Waals surface area (Å²) in [5, 5.41) is 10.5. The Kier molecular flexibility index (Phi) is 7.50. The lowest BCUT2D eigenvalue weighted by Crippen LogP contribution is -2.21. The third kappa shape index (κ3) is 5.28. The first-order chi connectivity index (χ1) is 13.3. The summed E-state index contributed by atoms with van der Waals surface area (Å²) in [6, 6.07) is 4.84. The number of hydrogen-bond acceptors (Lipinski definition) is 4. The van der Waals surface area contributed by atoms with Gasteiger partial charge >= 0.3 is 0 Å². The number of hydrogen-bond donors (Lipinski definition) is 1. The van der Waals surface area contributed by atoms with Crippen molar-refractivity contribution in [2.75, 3.05) is 13.2 Å². The van der Waals surface area contributed by atoms with Crippen molar-refractivity contribution in [1.82, 2.24) is 4.57 Å². The van der Waals surface area contributed by atoms with E-state index in [0.717, 1.165) is 12.8 Å². The van der Waals surface area contributed by atoms with E-state index in [-0.39, 0.29) is 23.7 Å². The van der Waals surface area contributed by atoms with Crippen LogP contribution in [0.3, 0.4) is 0 Å². The second-order valence-electron chi connectivity index (χ2n) is 7.01. The molecular formula is C23H29NO4. The molecule has 2 rings (SSSR count). The Morgan fingerprint density at radius 2 is 1.86 bits per heavy atom. The molecule has 0 unspecified atom stereocenters. The van der Waals surface area contributed by atoms with Crippen LogP contribution in [0.15, 0.2) is 58.9 Å². The number of aromatic nitrogens is 1. The van der Waals surface area contributed by atoms with E-state index >= 15 is 0 Å². The number of nitrogens with zero attached hydrogens (tertiary/aromatic N) is 1. The summed E-state index contributed by atoms with van der Waals surface area (Å²) in [5.74, 6) is 0.618. The van der Waals surface area contributed by atoms with Gasteiger partial charge in [0.1, 0.15) is 19.0 Å². The maximum absolute atomic E-state index is 12.7. The maximum Gasteiger partial charge on any atom is 0.297 e. The second kappa shape index (κ2) is 9.83. The van der Waals surface area contributed by atoms with Crippen molar-refractivity contribution in [3.63, 3.8) is 0 Å². The van der Waals surface area contributed by atoms with Crippen molar-refractivity contribution < 1.29 is 14.6 Å². The minimum atomic E-state index is -0.320. The van der Waals surface area contributed by atoms with Gasteiger partial charge < -0.3 is 19.1 Å². The Balaban J connectivity index is 2.35. The Morgan fingerprint density at radius 1 is 1.14 bits per heavy atom. The fraction of sp³-hybridized carbons (Fsp3) is 0.348. The van der Waals surface area contributed by atoms with Gasteiger partial charge in [-0.25, -0.2) is 0 Å². The van der Waals surface area contributed by atoms with E-state index in [2.05, 4.69) is 33.4 Å². The number of fused-ring (bicyclic) bond motifs is 1. The van der Waals surface area contributed by atoms with Gasteiger partial charge in [0, 0.05) is 18.5 Å². The van der Waals surface area contributed by atoms with Gasteiger partial charge in [0.15, 0.2) is 5.75 Å². The molecule has 5 heteroatoms. The molecule has 0 aliphatic heterocycles. The molecule has 2 aromatic rings. The van der Waals surface area contributed by atoms with Crippen LogP contribution >= 0.6 is 0 Å². The number of pyridine rings is 1. The standard InChI is InChI=1S/C23H29NO4/c1-6-13-27-22-21(28-14-12-17(4)9-7-8-16(2)3)19-11-10-18(25)15-20(19)24(5)23(22)26/h6,8,10-12,15,25H,1,7,9,13-14H2,2-5H3/b17-12+. The van der Waals surface area contributed by atoms with Gasteiger partial charge in [-0.2, -0.15) is 0 Å². The molecule has 1 N–H and O–H groups in total. The fourth-order valence-electron chi connectivity index (χ4n) is 2.84. The highest BCUT2D eigenvalue weighted by Crippen LogP contribution is 2.34. The van der Waals surface area contributed by atoms with Crippen molar-refractivity contribution >= 4 is 10.9 Å². The van der Waals surface area contributed by atoms with E-state index in [9.17, 15) is 9.90 Å². The maximum atomic E-state index is 12.7. The molecule has 0 fully saturated rings. The van der Waals surface area contributed by atoms with Crippen LogP contribution in [-0.2, 0) is 7.05 Å². The molecule has 28 heavy (non-hydrogen) atoms. The first-order valence-electron chi connectivity index (χ1n) is 9.36. The summed E-state index contributed by atoms with van der Waals surface area (Å²) < 4.78 is 13.0. The van der Waals surface area contributed by atoms with Crippen LogP contribution in [0, 0.1) is 0 Å². The van der Waals surface area contributed by atoms with Crippen LogP contribution in [0.4, 0.5) is 0 Å². The van der Waals surface area contributed by atoms with Gasteiger partial charge in [0.25, 0.3) is 5.56 Å². The molecule has 0 amide bonds. The van der Waals surface area contributed by atoms with E-state index in [1.165, 1.54) is 15.7 Å². The predicted octanol–water partition coefficient (Wildman–Crippen LogP) is 4.88. The highest BCUT2D eigenvalue weighted by molar-refractivity contribution is 5.88. The molecule has 0 saturated carbocycles. The Hall–Kier alpha value is -2.95. The summed E-state index contributed by atoms with van der Waals surface area (Å²) in [4.78, 5) is 12.7. The zero-order valence-corrected chi connectivity index (χ0v) is 17.1. The molecule has 5 nitrogen and oxygen atoms in total. The lowest BCUT2D eigenvalue weighted by Gasteiger charge is -2.16. The van der Waals surface area contributed by atoms with E-state index in [4.69, 9.17) is 9.47 Å². The van der Waals surface area contributed by atoms with Gasteiger partial charge in [-0.3, -0.25) is 4.79 Å². The number of aryl methyl sites for hydroxylation is 1.